The molecule has 0 N–H and O–H groups in total. The van der Waals surface area contributed by atoms with E-state index in [1.807, 2.05) is 0 Å². The predicted molar refractivity (Wildman–Crippen MR) is 72.5 cm³/mol. The average molecular weight is 440 g/mol. The van der Waals surface area contributed by atoms with E-state index in [1.165, 1.54) is 0 Å². The molecular weight excluding hydrogens is 436 g/mol. The van der Waals surface area contributed by atoms with E-state index in [9.17, 15) is 35.5 Å². The van der Waals surface area contributed by atoms with E-state index in [0.29, 0.717) is 12.4 Å². The molecule has 0 aliphatic rings. The van der Waals surface area contributed by atoms with Gasteiger partial charge in [0.25, 0.3) is 5.56 Å². The van der Waals surface area contributed by atoms with Gasteiger partial charge >= 0.3 is 12.4 Å². The molecule has 24 heavy (non-hydrogen) atoms. The van der Waals surface area contributed by atoms with Crippen LogP contribution in [0.1, 0.15) is 11.3 Å². The lowest BCUT2D eigenvalue weighted by Gasteiger charge is -2.14. The first kappa shape index (κ1) is 18.7. The number of rotatable bonds is 1. The molecule has 0 bridgehead atoms. The van der Waals surface area contributed by atoms with Crippen molar-refractivity contribution < 1.29 is 30.7 Å². The van der Waals surface area contributed by atoms with Crippen LogP contribution in [0.2, 0.25) is 5.02 Å². The monoisotopic (exact) mass is 438 g/mol. The molecule has 0 spiro atoms. The van der Waals surface area contributed by atoms with Crippen LogP contribution in [0.5, 0.6) is 0 Å². The highest BCUT2D eigenvalue weighted by Crippen LogP contribution is 2.35. The number of hydrogen-bond donors (Lipinski definition) is 0. The van der Waals surface area contributed by atoms with Crippen LogP contribution in [0, 0.1) is 5.82 Å². The van der Waals surface area contributed by atoms with Crippen molar-refractivity contribution in [1.82, 2.24) is 9.55 Å². The van der Waals surface area contributed by atoms with E-state index in [1.54, 1.807) is 0 Å². The van der Waals surface area contributed by atoms with Gasteiger partial charge in [0.1, 0.15) is 22.3 Å². The highest BCUT2D eigenvalue weighted by molar-refractivity contribution is 9.10. The fraction of sp³-hybridized carbons (Fsp3) is 0.167. The maximum Gasteiger partial charge on any atom is 0.434 e. The minimum Gasteiger partial charge on any atom is -0.268 e. The SMILES string of the molecule is O=c1c(Br)c(C(F)(F)F)ncn1-c1c(F)cc(C(F)(F)F)cc1Cl. The van der Waals surface area contributed by atoms with Crippen molar-refractivity contribution in [1.29, 1.82) is 0 Å². The third kappa shape index (κ3) is 3.41. The van der Waals surface area contributed by atoms with Gasteiger partial charge in [-0.1, -0.05) is 11.6 Å². The number of benzene rings is 1. The number of hydrogen-bond acceptors (Lipinski definition) is 2. The Morgan fingerprint density at radius 2 is 1.67 bits per heavy atom. The molecule has 0 aliphatic carbocycles. The van der Waals surface area contributed by atoms with Crippen molar-refractivity contribution >= 4 is 27.5 Å². The van der Waals surface area contributed by atoms with E-state index in [4.69, 9.17) is 11.6 Å². The molecule has 0 radical (unpaired) electrons. The highest BCUT2D eigenvalue weighted by atomic mass is 79.9. The van der Waals surface area contributed by atoms with Gasteiger partial charge in [0.2, 0.25) is 0 Å². The zero-order valence-electron chi connectivity index (χ0n) is 10.9. The van der Waals surface area contributed by atoms with Gasteiger partial charge < -0.3 is 0 Å². The average Bonchev–Trinajstić information content (AvgIpc) is 2.40. The fourth-order valence-corrected chi connectivity index (χ4v) is 2.56. The van der Waals surface area contributed by atoms with Crippen molar-refractivity contribution in [3.05, 3.63) is 55.4 Å². The lowest BCUT2D eigenvalue weighted by molar-refractivity contribution is -0.142. The van der Waals surface area contributed by atoms with Gasteiger partial charge in [0.15, 0.2) is 5.69 Å². The molecule has 2 rings (SSSR count). The Hall–Kier alpha value is -1.62. The molecule has 1 aromatic heterocycles. The topological polar surface area (TPSA) is 34.9 Å². The van der Waals surface area contributed by atoms with Crippen molar-refractivity contribution in [3.63, 3.8) is 0 Å². The molecule has 0 fully saturated rings. The van der Waals surface area contributed by atoms with Crippen LogP contribution in [0.25, 0.3) is 5.69 Å². The minimum atomic E-state index is -4.96. The van der Waals surface area contributed by atoms with Crippen LogP contribution in [-0.4, -0.2) is 9.55 Å². The van der Waals surface area contributed by atoms with Crippen molar-refractivity contribution in [2.24, 2.45) is 0 Å². The van der Waals surface area contributed by atoms with Gasteiger partial charge in [0, 0.05) is 0 Å². The van der Waals surface area contributed by atoms with E-state index in [-0.39, 0.29) is 10.6 Å². The zero-order chi connectivity index (χ0) is 18.4. The molecule has 0 saturated carbocycles. The first-order chi connectivity index (χ1) is 10.8. The van der Waals surface area contributed by atoms with Crippen molar-refractivity contribution in [2.75, 3.05) is 0 Å². The Balaban J connectivity index is 2.71. The van der Waals surface area contributed by atoms with E-state index in [2.05, 4.69) is 20.9 Å². The van der Waals surface area contributed by atoms with Gasteiger partial charge in [-0.05, 0) is 28.1 Å². The standard InChI is InChI=1S/C12H3BrClF7N2O/c13-7-9(12(19,20)21)22-3-23(10(7)24)8-5(14)1-4(2-6(8)15)11(16,17)18/h1-3H. The quantitative estimate of drug-likeness (QED) is 0.597. The lowest BCUT2D eigenvalue weighted by Crippen LogP contribution is -2.25. The summed E-state index contributed by atoms with van der Waals surface area (Å²) in [5, 5.41) is -0.821. The van der Waals surface area contributed by atoms with Crippen molar-refractivity contribution in [2.45, 2.75) is 12.4 Å². The Bertz CT molecular complexity index is 837. The summed E-state index contributed by atoms with van der Waals surface area (Å²) >= 11 is 7.96. The van der Waals surface area contributed by atoms with Crippen molar-refractivity contribution in [3.8, 4) is 5.69 Å². The molecule has 3 nitrogen and oxygen atoms in total. The van der Waals surface area contributed by atoms with Crippen LogP contribution < -0.4 is 5.56 Å². The van der Waals surface area contributed by atoms with E-state index in [0.717, 1.165) is 0 Å². The first-order valence-electron chi connectivity index (χ1n) is 5.75. The normalized spacial score (nSPS) is 12.5. The van der Waals surface area contributed by atoms with Crippen LogP contribution in [-0.2, 0) is 12.4 Å². The number of nitrogens with zero attached hydrogens (tertiary/aromatic N) is 2. The molecule has 1 aromatic carbocycles. The molecule has 0 aliphatic heterocycles. The van der Waals surface area contributed by atoms with Gasteiger partial charge in [-0.25, -0.2) is 9.37 Å². The van der Waals surface area contributed by atoms with Crippen LogP contribution in [0.15, 0.2) is 27.7 Å². The summed E-state index contributed by atoms with van der Waals surface area (Å²) < 4.78 is 88.8. The molecule has 2 aromatic rings. The predicted octanol–water partition coefficient (Wildman–Crippen LogP) is 4.83. The van der Waals surface area contributed by atoms with E-state index < -0.39 is 50.2 Å². The largest absolute Gasteiger partial charge is 0.434 e. The summed E-state index contributed by atoms with van der Waals surface area (Å²) in [5.41, 5.74) is -5.22. The third-order valence-corrected chi connectivity index (χ3v) is 3.77. The Kier molecular flexibility index (Phi) is 4.70. The fourth-order valence-electron chi connectivity index (χ4n) is 1.75. The maximum atomic E-state index is 14.0. The van der Waals surface area contributed by atoms with Crippen LogP contribution in [0.4, 0.5) is 30.7 Å². The van der Waals surface area contributed by atoms with Gasteiger partial charge in [-0.3, -0.25) is 9.36 Å². The summed E-state index contributed by atoms with van der Waals surface area (Å²) in [6.45, 7) is 0. The summed E-state index contributed by atoms with van der Waals surface area (Å²) in [7, 11) is 0. The number of halogens is 9. The van der Waals surface area contributed by atoms with Crippen LogP contribution in [0.3, 0.4) is 0 Å². The second-order valence-corrected chi connectivity index (χ2v) is 5.57. The Morgan fingerprint density at radius 1 is 1.08 bits per heavy atom. The highest BCUT2D eigenvalue weighted by Gasteiger charge is 2.37. The molecule has 1 heterocycles. The molecular formula is C12H3BrClF7N2O. The molecule has 130 valence electrons. The van der Waals surface area contributed by atoms with Gasteiger partial charge in [-0.2, -0.15) is 26.3 Å². The summed E-state index contributed by atoms with van der Waals surface area (Å²) in [6, 6.07) is 0.414. The summed E-state index contributed by atoms with van der Waals surface area (Å²) in [4.78, 5) is 14.9. The molecule has 0 atom stereocenters. The minimum absolute atomic E-state index is 0.0687. The zero-order valence-corrected chi connectivity index (χ0v) is 13.3. The van der Waals surface area contributed by atoms with E-state index >= 15 is 0 Å². The molecule has 12 heteroatoms. The number of aromatic nitrogens is 2. The Labute approximate surface area is 141 Å². The maximum absolute atomic E-state index is 14.0. The van der Waals surface area contributed by atoms with Gasteiger partial charge in [-0.15, -0.1) is 0 Å². The molecule has 0 unspecified atom stereocenters. The van der Waals surface area contributed by atoms with Crippen LogP contribution >= 0.6 is 27.5 Å². The second-order valence-electron chi connectivity index (χ2n) is 4.37. The summed E-state index contributed by atoms with van der Waals surface area (Å²) in [6.07, 6.45) is -9.53. The number of alkyl halides is 6. The molecule has 0 saturated heterocycles. The smallest absolute Gasteiger partial charge is 0.268 e. The Morgan fingerprint density at radius 3 is 2.12 bits per heavy atom. The summed E-state index contributed by atoms with van der Waals surface area (Å²) in [5.74, 6) is -1.55. The molecule has 0 amide bonds. The second kappa shape index (κ2) is 6.03. The lowest BCUT2D eigenvalue weighted by atomic mass is 10.2. The van der Waals surface area contributed by atoms with Gasteiger partial charge in [0.05, 0.1) is 10.6 Å². The third-order valence-electron chi connectivity index (χ3n) is 2.77. The first-order valence-corrected chi connectivity index (χ1v) is 6.92.